The van der Waals surface area contributed by atoms with Crippen molar-refractivity contribution < 1.29 is 4.52 Å². The molecular formula is C15H9Br3N2O. The number of nitrogens with zero attached hydrogens (tertiary/aromatic N) is 1. The molecule has 0 spiro atoms. The van der Waals surface area contributed by atoms with Gasteiger partial charge in [-0.2, -0.15) is 0 Å². The van der Waals surface area contributed by atoms with Crippen LogP contribution in [-0.4, -0.2) is 5.16 Å². The third kappa shape index (κ3) is 2.93. The van der Waals surface area contributed by atoms with Gasteiger partial charge in [0.2, 0.25) is 5.88 Å². The molecule has 3 rings (SSSR count). The minimum atomic E-state index is 0.301. The van der Waals surface area contributed by atoms with E-state index in [9.17, 15) is 0 Å². The van der Waals surface area contributed by atoms with E-state index in [1.807, 2.05) is 42.5 Å². The van der Waals surface area contributed by atoms with Gasteiger partial charge in [0.05, 0.1) is 5.56 Å². The number of halogens is 3. The largest absolute Gasteiger partial charge is 0.367 e. The number of hydrogen-bond donors (Lipinski definition) is 1. The van der Waals surface area contributed by atoms with Gasteiger partial charge in [-0.15, -0.1) is 0 Å². The van der Waals surface area contributed by atoms with Crippen molar-refractivity contribution in [3.05, 3.63) is 55.9 Å². The van der Waals surface area contributed by atoms with Gasteiger partial charge >= 0.3 is 0 Å². The quantitative estimate of drug-likeness (QED) is 0.507. The van der Waals surface area contributed by atoms with Gasteiger partial charge in [-0.05, 0) is 35.9 Å². The van der Waals surface area contributed by atoms with Crippen molar-refractivity contribution in [2.45, 2.75) is 0 Å². The maximum atomic E-state index is 5.98. The highest BCUT2D eigenvalue weighted by Gasteiger charge is 2.19. The molecule has 0 atom stereocenters. The summed E-state index contributed by atoms with van der Waals surface area (Å²) in [5.41, 5.74) is 9.34. The molecule has 0 saturated heterocycles. The van der Waals surface area contributed by atoms with Gasteiger partial charge in [-0.1, -0.05) is 65.1 Å². The second-order valence-electron chi connectivity index (χ2n) is 4.40. The lowest BCUT2D eigenvalue weighted by atomic mass is 10.0. The minimum Gasteiger partial charge on any atom is -0.367 e. The number of benzene rings is 2. The van der Waals surface area contributed by atoms with Crippen LogP contribution in [0.2, 0.25) is 0 Å². The first-order valence-electron chi connectivity index (χ1n) is 6.03. The normalized spacial score (nSPS) is 10.8. The molecule has 1 heterocycles. The molecule has 3 aromatic rings. The number of hydrogen-bond acceptors (Lipinski definition) is 3. The number of rotatable bonds is 2. The molecular weight excluding hydrogens is 464 g/mol. The highest BCUT2D eigenvalue weighted by molar-refractivity contribution is 9.11. The summed E-state index contributed by atoms with van der Waals surface area (Å²) in [7, 11) is 0. The number of aromatic nitrogens is 1. The summed E-state index contributed by atoms with van der Waals surface area (Å²) in [6, 6.07) is 13.8. The van der Waals surface area contributed by atoms with E-state index >= 15 is 0 Å². The SMILES string of the molecule is Nc1onc(-c2cc(Br)ccc2Br)c1-c1cccc(Br)c1. The highest BCUT2D eigenvalue weighted by atomic mass is 79.9. The lowest BCUT2D eigenvalue weighted by Gasteiger charge is -2.06. The third-order valence-electron chi connectivity index (χ3n) is 3.02. The van der Waals surface area contributed by atoms with E-state index in [-0.39, 0.29) is 0 Å². The van der Waals surface area contributed by atoms with Crippen LogP contribution in [0.15, 0.2) is 60.4 Å². The Morgan fingerprint density at radius 3 is 2.48 bits per heavy atom. The zero-order valence-corrected chi connectivity index (χ0v) is 15.4. The van der Waals surface area contributed by atoms with Crippen molar-refractivity contribution in [3.8, 4) is 22.4 Å². The van der Waals surface area contributed by atoms with Crippen LogP contribution in [-0.2, 0) is 0 Å². The second-order valence-corrected chi connectivity index (χ2v) is 7.09. The summed E-state index contributed by atoms with van der Waals surface area (Å²) in [6.45, 7) is 0. The Morgan fingerprint density at radius 1 is 0.952 bits per heavy atom. The fourth-order valence-corrected chi connectivity index (χ4v) is 3.28. The van der Waals surface area contributed by atoms with Crippen LogP contribution in [0.1, 0.15) is 0 Å². The highest BCUT2D eigenvalue weighted by Crippen LogP contribution is 2.40. The molecule has 3 nitrogen and oxygen atoms in total. The van der Waals surface area contributed by atoms with Crippen molar-refractivity contribution in [1.82, 2.24) is 5.16 Å². The van der Waals surface area contributed by atoms with Gasteiger partial charge in [-0.25, -0.2) is 0 Å². The maximum Gasteiger partial charge on any atom is 0.230 e. The number of anilines is 1. The third-order valence-corrected chi connectivity index (χ3v) is 4.69. The van der Waals surface area contributed by atoms with Crippen molar-refractivity contribution in [2.75, 3.05) is 5.73 Å². The molecule has 0 saturated carbocycles. The standard InChI is InChI=1S/C15H9Br3N2O/c16-9-3-1-2-8(6-9)13-14(20-21-15(13)19)11-7-10(17)4-5-12(11)18/h1-7H,19H2. The van der Waals surface area contributed by atoms with E-state index in [2.05, 4.69) is 52.9 Å². The van der Waals surface area contributed by atoms with Crippen molar-refractivity contribution in [3.63, 3.8) is 0 Å². The Labute approximate surface area is 146 Å². The molecule has 0 aliphatic heterocycles. The Kier molecular flexibility index (Phi) is 4.19. The Hall–Kier alpha value is -1.11. The topological polar surface area (TPSA) is 52.0 Å². The van der Waals surface area contributed by atoms with Crippen molar-refractivity contribution in [2.24, 2.45) is 0 Å². The van der Waals surface area contributed by atoms with Gasteiger partial charge in [0, 0.05) is 19.0 Å². The van der Waals surface area contributed by atoms with E-state index in [0.717, 1.165) is 30.1 Å². The lowest BCUT2D eigenvalue weighted by Crippen LogP contribution is -1.88. The predicted molar refractivity (Wildman–Crippen MR) is 94.9 cm³/mol. The fraction of sp³-hybridized carbons (Fsp3) is 0. The van der Waals surface area contributed by atoms with E-state index in [0.29, 0.717) is 11.6 Å². The van der Waals surface area contributed by atoms with Crippen molar-refractivity contribution in [1.29, 1.82) is 0 Å². The average Bonchev–Trinajstić information content (AvgIpc) is 2.83. The van der Waals surface area contributed by atoms with Gasteiger partial charge in [0.1, 0.15) is 5.69 Å². The van der Waals surface area contributed by atoms with Gasteiger partial charge in [0.25, 0.3) is 0 Å². The molecule has 0 aliphatic carbocycles. The van der Waals surface area contributed by atoms with Crippen LogP contribution >= 0.6 is 47.8 Å². The molecule has 21 heavy (non-hydrogen) atoms. The molecule has 106 valence electrons. The van der Waals surface area contributed by atoms with Gasteiger partial charge in [-0.3, -0.25) is 0 Å². The van der Waals surface area contributed by atoms with Crippen LogP contribution in [0.3, 0.4) is 0 Å². The predicted octanol–water partition coefficient (Wildman–Crippen LogP) is 5.88. The molecule has 0 aliphatic rings. The molecule has 2 aromatic carbocycles. The van der Waals surface area contributed by atoms with Crippen LogP contribution in [0, 0.1) is 0 Å². The van der Waals surface area contributed by atoms with Gasteiger partial charge < -0.3 is 10.3 Å². The molecule has 0 amide bonds. The monoisotopic (exact) mass is 470 g/mol. The van der Waals surface area contributed by atoms with Crippen LogP contribution < -0.4 is 5.73 Å². The lowest BCUT2D eigenvalue weighted by molar-refractivity contribution is 0.439. The van der Waals surface area contributed by atoms with Crippen LogP contribution in [0.5, 0.6) is 0 Å². The van der Waals surface area contributed by atoms with Crippen molar-refractivity contribution >= 4 is 53.7 Å². The summed E-state index contributed by atoms with van der Waals surface area (Å²) in [4.78, 5) is 0. The summed E-state index contributed by atoms with van der Waals surface area (Å²) in [5.74, 6) is 0.301. The first kappa shape index (κ1) is 14.8. The smallest absolute Gasteiger partial charge is 0.230 e. The zero-order valence-electron chi connectivity index (χ0n) is 10.6. The van der Waals surface area contributed by atoms with Gasteiger partial charge in [0.15, 0.2) is 0 Å². The summed E-state index contributed by atoms with van der Waals surface area (Å²) < 4.78 is 8.07. The van der Waals surface area contributed by atoms with E-state index in [1.54, 1.807) is 0 Å². The molecule has 2 N–H and O–H groups in total. The average molecular weight is 473 g/mol. The Bertz CT molecular complexity index is 814. The maximum absolute atomic E-state index is 5.98. The molecule has 1 aromatic heterocycles. The summed E-state index contributed by atoms with van der Waals surface area (Å²) >= 11 is 10.5. The van der Waals surface area contributed by atoms with E-state index in [4.69, 9.17) is 10.3 Å². The molecule has 0 radical (unpaired) electrons. The van der Waals surface area contributed by atoms with E-state index in [1.165, 1.54) is 0 Å². The second kappa shape index (κ2) is 5.94. The Balaban J connectivity index is 2.24. The first-order chi connectivity index (χ1) is 10.1. The Morgan fingerprint density at radius 2 is 1.71 bits per heavy atom. The zero-order chi connectivity index (χ0) is 15.0. The minimum absolute atomic E-state index is 0.301. The molecule has 0 fully saturated rings. The fourth-order valence-electron chi connectivity index (χ4n) is 2.09. The number of nitrogens with two attached hydrogens (primary N) is 1. The van der Waals surface area contributed by atoms with E-state index < -0.39 is 0 Å². The first-order valence-corrected chi connectivity index (χ1v) is 8.40. The number of nitrogen functional groups attached to an aromatic ring is 1. The molecule has 0 bridgehead atoms. The van der Waals surface area contributed by atoms with Crippen LogP contribution in [0.25, 0.3) is 22.4 Å². The molecule has 0 unspecified atom stereocenters. The molecule has 6 heteroatoms. The summed E-state index contributed by atoms with van der Waals surface area (Å²) in [5, 5.41) is 4.13. The van der Waals surface area contributed by atoms with Crippen LogP contribution in [0.4, 0.5) is 5.88 Å². The summed E-state index contributed by atoms with van der Waals surface area (Å²) in [6.07, 6.45) is 0.